The van der Waals surface area contributed by atoms with Crippen LogP contribution in [0.15, 0.2) is 11.6 Å². The van der Waals surface area contributed by atoms with Gasteiger partial charge in [0.15, 0.2) is 5.78 Å². The van der Waals surface area contributed by atoms with Gasteiger partial charge in [-0.2, -0.15) is 0 Å². The molecule has 1 atom stereocenters. The number of carbonyl (C=O) groups excluding carboxylic acids is 2. The number of ketones is 1. The Morgan fingerprint density at radius 2 is 2.20 bits per heavy atom. The van der Waals surface area contributed by atoms with Crippen LogP contribution in [0.4, 0.5) is 0 Å². The second-order valence-electron chi connectivity index (χ2n) is 2.59. The number of nitrogens with one attached hydrogen (secondary N) is 1. The number of hydrogen-bond donors (Lipinski definition) is 1. The average Bonchev–Trinajstić information content (AvgIpc) is 2.60. The first-order chi connectivity index (χ1) is 4.77. The van der Waals surface area contributed by atoms with E-state index in [1.807, 2.05) is 0 Å². The normalized spacial score (nSPS) is 30.0. The first kappa shape index (κ1) is 5.65. The molecule has 1 unspecified atom stereocenters. The summed E-state index contributed by atoms with van der Waals surface area (Å²) in [5.41, 5.74) is 0.797. The van der Waals surface area contributed by atoms with Gasteiger partial charge in [0.2, 0.25) is 5.91 Å². The zero-order chi connectivity index (χ0) is 7.14. The van der Waals surface area contributed by atoms with Crippen molar-refractivity contribution in [3.8, 4) is 0 Å². The van der Waals surface area contributed by atoms with Crippen LogP contribution in [-0.4, -0.2) is 17.7 Å². The van der Waals surface area contributed by atoms with Crippen molar-refractivity contribution >= 4 is 11.7 Å². The van der Waals surface area contributed by atoms with Crippen LogP contribution in [0.25, 0.3) is 0 Å². The number of amides is 1. The molecule has 1 amide bonds. The third-order valence-electron chi connectivity index (χ3n) is 1.79. The van der Waals surface area contributed by atoms with E-state index in [2.05, 4.69) is 5.32 Å². The number of Topliss-reactive ketones (excluding diaryl/α,β-unsaturated/α-hetero) is 1. The molecule has 0 aromatic carbocycles. The maximum atomic E-state index is 10.9. The molecule has 3 nitrogen and oxygen atoms in total. The van der Waals surface area contributed by atoms with Crippen molar-refractivity contribution < 1.29 is 9.59 Å². The lowest BCUT2D eigenvalue weighted by Crippen LogP contribution is -2.25. The maximum absolute atomic E-state index is 10.9. The van der Waals surface area contributed by atoms with Crippen molar-refractivity contribution in [2.75, 3.05) is 0 Å². The van der Waals surface area contributed by atoms with Gasteiger partial charge in [0.25, 0.3) is 0 Å². The van der Waals surface area contributed by atoms with Crippen LogP contribution in [0.3, 0.4) is 0 Å². The Morgan fingerprint density at radius 1 is 1.40 bits per heavy atom. The summed E-state index contributed by atoms with van der Waals surface area (Å²) in [6.45, 7) is 0. The summed E-state index contributed by atoms with van der Waals surface area (Å²) in [7, 11) is 0. The lowest BCUT2D eigenvalue weighted by molar-refractivity contribution is -0.122. The molecule has 1 fully saturated rings. The van der Waals surface area contributed by atoms with E-state index in [-0.39, 0.29) is 17.7 Å². The van der Waals surface area contributed by atoms with Crippen molar-refractivity contribution in [3.63, 3.8) is 0 Å². The molecular weight excluding hydrogens is 130 g/mol. The van der Waals surface area contributed by atoms with Crippen molar-refractivity contribution in [2.45, 2.75) is 18.9 Å². The van der Waals surface area contributed by atoms with E-state index in [1.54, 1.807) is 6.08 Å². The van der Waals surface area contributed by atoms with Gasteiger partial charge >= 0.3 is 0 Å². The van der Waals surface area contributed by atoms with Gasteiger partial charge < -0.3 is 5.32 Å². The summed E-state index contributed by atoms with van der Waals surface area (Å²) >= 11 is 0. The molecule has 52 valence electrons. The smallest absolute Gasteiger partial charge is 0.221 e. The minimum atomic E-state index is -0.0119. The topological polar surface area (TPSA) is 46.2 Å². The van der Waals surface area contributed by atoms with Crippen molar-refractivity contribution in [3.05, 3.63) is 11.6 Å². The fourth-order valence-electron chi connectivity index (χ4n) is 1.13. The van der Waals surface area contributed by atoms with Gasteiger partial charge in [0.1, 0.15) is 0 Å². The molecule has 3 heteroatoms. The summed E-state index contributed by atoms with van der Waals surface area (Å²) in [5.74, 6) is 0.116. The Morgan fingerprint density at radius 3 is 3.00 bits per heavy atom. The van der Waals surface area contributed by atoms with Gasteiger partial charge in [-0.05, 0) is 6.08 Å². The Labute approximate surface area is 58.1 Å². The summed E-state index contributed by atoms with van der Waals surface area (Å²) < 4.78 is 0. The fraction of sp³-hybridized carbons (Fsp3) is 0.429. The minimum absolute atomic E-state index is 0.0116. The van der Waals surface area contributed by atoms with Gasteiger partial charge in [0.05, 0.1) is 6.04 Å². The lowest BCUT2D eigenvalue weighted by atomic mass is 10.2. The third kappa shape index (κ3) is 0.744. The average molecular weight is 137 g/mol. The predicted molar refractivity (Wildman–Crippen MR) is 34.3 cm³/mol. The van der Waals surface area contributed by atoms with E-state index in [4.69, 9.17) is 0 Å². The molecule has 0 spiro atoms. The van der Waals surface area contributed by atoms with Crippen LogP contribution in [0.1, 0.15) is 12.8 Å². The maximum Gasteiger partial charge on any atom is 0.221 e. The van der Waals surface area contributed by atoms with Crippen LogP contribution in [0.2, 0.25) is 0 Å². The Hall–Kier alpha value is -1.12. The zero-order valence-corrected chi connectivity index (χ0v) is 5.39. The molecule has 0 radical (unpaired) electrons. The largest absolute Gasteiger partial charge is 0.346 e. The highest BCUT2D eigenvalue weighted by molar-refractivity contribution is 6.05. The second kappa shape index (κ2) is 1.68. The van der Waals surface area contributed by atoms with Gasteiger partial charge in [-0.1, -0.05) is 0 Å². The molecule has 0 aromatic heterocycles. The van der Waals surface area contributed by atoms with Crippen LogP contribution < -0.4 is 5.32 Å². The molecule has 2 rings (SSSR count). The molecule has 1 heterocycles. The first-order valence-electron chi connectivity index (χ1n) is 3.31. The third-order valence-corrected chi connectivity index (χ3v) is 1.79. The van der Waals surface area contributed by atoms with Crippen LogP contribution in [0, 0.1) is 0 Å². The van der Waals surface area contributed by atoms with Crippen molar-refractivity contribution in [1.29, 1.82) is 0 Å². The van der Waals surface area contributed by atoms with E-state index < -0.39 is 0 Å². The quantitative estimate of drug-likeness (QED) is 0.501. The van der Waals surface area contributed by atoms with E-state index in [0.29, 0.717) is 12.8 Å². The number of carbonyl (C=O) groups is 2. The molecule has 0 aromatic rings. The van der Waals surface area contributed by atoms with Crippen molar-refractivity contribution in [1.82, 2.24) is 5.32 Å². The molecule has 10 heavy (non-hydrogen) atoms. The minimum Gasteiger partial charge on any atom is -0.346 e. The standard InChI is InChI=1S/C7H7NO2/c9-6-1-2-7(10)8-5-3-4(5)6/h3,5H,1-2H2,(H,8,10). The zero-order valence-electron chi connectivity index (χ0n) is 5.39. The van der Waals surface area contributed by atoms with Crippen molar-refractivity contribution in [2.24, 2.45) is 0 Å². The molecule has 0 saturated carbocycles. The lowest BCUT2D eigenvalue weighted by Gasteiger charge is -1.96. The van der Waals surface area contributed by atoms with Gasteiger partial charge in [0, 0.05) is 18.4 Å². The van der Waals surface area contributed by atoms with Crippen LogP contribution in [0.5, 0.6) is 0 Å². The van der Waals surface area contributed by atoms with Gasteiger partial charge in [-0.15, -0.1) is 0 Å². The monoisotopic (exact) mass is 137 g/mol. The summed E-state index contributed by atoms with van der Waals surface area (Å²) in [5, 5.41) is 2.69. The number of fused-ring (bicyclic) bond motifs is 1. The van der Waals surface area contributed by atoms with Crippen LogP contribution in [-0.2, 0) is 9.59 Å². The molecular formula is C7H7NO2. The fourth-order valence-corrected chi connectivity index (χ4v) is 1.13. The molecule has 1 aliphatic heterocycles. The summed E-state index contributed by atoms with van der Waals surface area (Å²) in [6, 6.07) is -0.0116. The molecule has 2 aliphatic rings. The van der Waals surface area contributed by atoms with E-state index in [9.17, 15) is 9.59 Å². The Balaban J connectivity index is 2.15. The second-order valence-corrected chi connectivity index (χ2v) is 2.59. The van der Waals surface area contributed by atoms with Crippen LogP contribution >= 0.6 is 0 Å². The molecule has 1 saturated heterocycles. The molecule has 0 bridgehead atoms. The predicted octanol–water partition coefficient (Wildman–Crippen LogP) is -0.226. The van der Waals surface area contributed by atoms with E-state index in [1.165, 1.54) is 0 Å². The van der Waals surface area contributed by atoms with E-state index in [0.717, 1.165) is 5.57 Å². The molecule has 1 aliphatic carbocycles. The number of hydrogen-bond acceptors (Lipinski definition) is 2. The summed E-state index contributed by atoms with van der Waals surface area (Å²) in [4.78, 5) is 21.7. The molecule has 1 N–H and O–H groups in total. The SMILES string of the molecule is O=C1CCC(=O)C2=CC2N1. The highest BCUT2D eigenvalue weighted by Gasteiger charge is 2.34. The highest BCUT2D eigenvalue weighted by Crippen LogP contribution is 2.25. The Bertz CT molecular complexity index is 242. The summed E-state index contributed by atoms with van der Waals surface area (Å²) in [6.07, 6.45) is 2.53. The Kier molecular flexibility index (Phi) is 0.952. The van der Waals surface area contributed by atoms with E-state index >= 15 is 0 Å². The van der Waals surface area contributed by atoms with Gasteiger partial charge in [-0.25, -0.2) is 0 Å². The number of rotatable bonds is 0. The first-order valence-corrected chi connectivity index (χ1v) is 3.31. The highest BCUT2D eigenvalue weighted by atomic mass is 16.2. The van der Waals surface area contributed by atoms with Gasteiger partial charge in [-0.3, -0.25) is 9.59 Å².